The van der Waals surface area contributed by atoms with E-state index in [2.05, 4.69) is 20.7 Å². The molecule has 0 heterocycles. The number of hydrogen-bond acceptors (Lipinski definition) is 3. The van der Waals surface area contributed by atoms with Crippen LogP contribution in [0.3, 0.4) is 0 Å². The molecule has 0 bridgehead atoms. The molecule has 0 spiro atoms. The number of methoxy groups -OCH3 is 1. The molecule has 0 saturated heterocycles. The van der Waals surface area contributed by atoms with Gasteiger partial charge in [0.25, 0.3) is 0 Å². The van der Waals surface area contributed by atoms with Gasteiger partial charge in [-0.1, -0.05) is 22.4 Å². The van der Waals surface area contributed by atoms with E-state index in [1.807, 2.05) is 0 Å². The van der Waals surface area contributed by atoms with Crippen molar-refractivity contribution in [1.29, 1.82) is 0 Å². The van der Waals surface area contributed by atoms with Gasteiger partial charge >= 0.3 is 0 Å². The molecule has 1 aliphatic carbocycles. The molecule has 0 aromatic carbocycles. The first kappa shape index (κ1) is 12.4. The maximum atomic E-state index is 11.5. The number of alkyl halides is 1. The summed E-state index contributed by atoms with van der Waals surface area (Å²) in [6.07, 6.45) is 3.03. The predicted molar refractivity (Wildman–Crippen MR) is 59.2 cm³/mol. The Morgan fingerprint density at radius 3 is 2.71 bits per heavy atom. The molecule has 84 valence electrons. The Morgan fingerprint density at radius 1 is 1.50 bits per heavy atom. The summed E-state index contributed by atoms with van der Waals surface area (Å²) in [6, 6.07) is 0.0526. The van der Waals surface area contributed by atoms with Crippen molar-refractivity contribution in [1.82, 2.24) is 4.72 Å². The molecule has 1 rings (SSSR count). The van der Waals surface area contributed by atoms with Gasteiger partial charge in [0.1, 0.15) is 0 Å². The van der Waals surface area contributed by atoms with Gasteiger partial charge in [-0.15, -0.1) is 0 Å². The highest BCUT2D eigenvalue weighted by Crippen LogP contribution is 2.25. The molecule has 0 aliphatic heterocycles. The van der Waals surface area contributed by atoms with Crippen molar-refractivity contribution in [2.24, 2.45) is 0 Å². The van der Waals surface area contributed by atoms with E-state index < -0.39 is 10.0 Å². The quantitative estimate of drug-likeness (QED) is 0.763. The van der Waals surface area contributed by atoms with Crippen LogP contribution in [-0.4, -0.2) is 38.8 Å². The fraction of sp³-hybridized carbons (Fsp3) is 1.00. The number of halogens is 1. The Hall–Kier alpha value is 0.350. The van der Waals surface area contributed by atoms with Crippen LogP contribution in [0.5, 0.6) is 0 Å². The molecule has 0 aromatic heterocycles. The van der Waals surface area contributed by atoms with E-state index in [-0.39, 0.29) is 23.2 Å². The topological polar surface area (TPSA) is 55.4 Å². The lowest BCUT2D eigenvalue weighted by Gasteiger charge is -2.15. The van der Waals surface area contributed by atoms with Gasteiger partial charge in [-0.05, 0) is 12.8 Å². The summed E-state index contributed by atoms with van der Waals surface area (Å²) in [5.41, 5.74) is 0. The van der Waals surface area contributed by atoms with Gasteiger partial charge in [0, 0.05) is 18.0 Å². The molecule has 2 atom stereocenters. The van der Waals surface area contributed by atoms with Crippen LogP contribution in [0.25, 0.3) is 0 Å². The third-order valence-electron chi connectivity index (χ3n) is 2.32. The van der Waals surface area contributed by atoms with E-state index in [4.69, 9.17) is 4.74 Å². The first-order chi connectivity index (χ1) is 6.55. The smallest absolute Gasteiger partial charge is 0.214 e. The first-order valence-corrected chi connectivity index (χ1v) is 7.25. The predicted octanol–water partition coefficient (Wildman–Crippen LogP) is 0.868. The minimum absolute atomic E-state index is 0.0414. The lowest BCUT2D eigenvalue weighted by molar-refractivity contribution is 0.216. The van der Waals surface area contributed by atoms with Crippen molar-refractivity contribution in [3.8, 4) is 0 Å². The Labute approximate surface area is 93.6 Å². The van der Waals surface area contributed by atoms with Crippen molar-refractivity contribution in [3.63, 3.8) is 0 Å². The van der Waals surface area contributed by atoms with Gasteiger partial charge in [-0.2, -0.15) is 0 Å². The minimum atomic E-state index is -3.17. The lowest BCUT2D eigenvalue weighted by Crippen LogP contribution is -2.39. The van der Waals surface area contributed by atoms with Crippen molar-refractivity contribution in [2.45, 2.75) is 30.1 Å². The second-order valence-corrected chi connectivity index (χ2v) is 6.53. The lowest BCUT2D eigenvalue weighted by atomic mass is 10.3. The number of nitrogens with one attached hydrogen (secondary N) is 1. The number of sulfonamides is 1. The van der Waals surface area contributed by atoms with E-state index in [0.29, 0.717) is 0 Å². The Kier molecular flexibility index (Phi) is 4.82. The molecular weight excluding hydrogens is 270 g/mol. The summed E-state index contributed by atoms with van der Waals surface area (Å²) < 4.78 is 30.4. The van der Waals surface area contributed by atoms with Crippen LogP contribution in [0.4, 0.5) is 0 Å². The normalized spacial score (nSPS) is 28.1. The minimum Gasteiger partial charge on any atom is -0.384 e. The number of hydrogen-bond donors (Lipinski definition) is 1. The zero-order valence-electron chi connectivity index (χ0n) is 8.20. The largest absolute Gasteiger partial charge is 0.384 e. The summed E-state index contributed by atoms with van der Waals surface area (Å²) in [6.45, 7) is 0.245. The monoisotopic (exact) mass is 285 g/mol. The van der Waals surface area contributed by atoms with E-state index in [1.54, 1.807) is 0 Å². The van der Waals surface area contributed by atoms with Crippen LogP contribution in [0.1, 0.15) is 19.3 Å². The average molecular weight is 286 g/mol. The number of ether oxygens (including phenoxy) is 1. The van der Waals surface area contributed by atoms with E-state index in [1.165, 1.54) is 7.11 Å². The van der Waals surface area contributed by atoms with Crippen molar-refractivity contribution in [3.05, 3.63) is 0 Å². The molecule has 4 nitrogen and oxygen atoms in total. The van der Waals surface area contributed by atoms with Crippen LogP contribution in [0, 0.1) is 0 Å². The maximum Gasteiger partial charge on any atom is 0.214 e. The molecule has 1 saturated carbocycles. The third kappa shape index (κ3) is 3.84. The standard InChI is InChI=1S/C8H16BrNO3S/c1-13-5-6-14(11,12)10-8-4-2-3-7(8)9/h7-8,10H,2-6H2,1H3. The third-order valence-corrected chi connectivity index (χ3v) is 4.78. The summed E-state index contributed by atoms with van der Waals surface area (Å²) in [4.78, 5) is 0.278. The summed E-state index contributed by atoms with van der Waals surface area (Å²) in [5.74, 6) is 0.0414. The fourth-order valence-electron chi connectivity index (χ4n) is 1.53. The molecule has 1 fully saturated rings. The zero-order chi connectivity index (χ0) is 10.6. The average Bonchev–Trinajstić information content (AvgIpc) is 2.48. The van der Waals surface area contributed by atoms with Gasteiger partial charge in [0.2, 0.25) is 10.0 Å². The van der Waals surface area contributed by atoms with Gasteiger partial charge in [0.05, 0.1) is 12.4 Å². The second-order valence-electron chi connectivity index (χ2n) is 3.48. The molecule has 2 unspecified atom stereocenters. The van der Waals surface area contributed by atoms with Gasteiger partial charge < -0.3 is 4.74 Å². The van der Waals surface area contributed by atoms with Gasteiger partial charge in [-0.25, -0.2) is 13.1 Å². The van der Waals surface area contributed by atoms with E-state index in [0.717, 1.165) is 19.3 Å². The molecule has 6 heteroatoms. The molecule has 14 heavy (non-hydrogen) atoms. The highest BCUT2D eigenvalue weighted by atomic mass is 79.9. The first-order valence-electron chi connectivity index (χ1n) is 4.68. The highest BCUT2D eigenvalue weighted by Gasteiger charge is 2.28. The van der Waals surface area contributed by atoms with E-state index >= 15 is 0 Å². The van der Waals surface area contributed by atoms with Crippen LogP contribution in [-0.2, 0) is 14.8 Å². The van der Waals surface area contributed by atoms with Crippen molar-refractivity contribution < 1.29 is 13.2 Å². The molecule has 1 aliphatic rings. The number of rotatable bonds is 5. The highest BCUT2D eigenvalue weighted by molar-refractivity contribution is 9.09. The molecule has 0 radical (unpaired) electrons. The van der Waals surface area contributed by atoms with Crippen molar-refractivity contribution in [2.75, 3.05) is 19.5 Å². The van der Waals surface area contributed by atoms with Crippen molar-refractivity contribution >= 4 is 26.0 Å². The molecule has 0 amide bonds. The Morgan fingerprint density at radius 2 is 2.21 bits per heavy atom. The van der Waals surface area contributed by atoms with E-state index in [9.17, 15) is 8.42 Å². The molecular formula is C8H16BrNO3S. The Bertz CT molecular complexity index is 268. The SMILES string of the molecule is COCCS(=O)(=O)NC1CCCC1Br. The fourth-order valence-corrected chi connectivity index (χ4v) is 3.67. The maximum absolute atomic E-state index is 11.5. The Balaban J connectivity index is 2.42. The summed E-state index contributed by atoms with van der Waals surface area (Å²) in [7, 11) is -1.67. The van der Waals surface area contributed by atoms with Crippen LogP contribution in [0.2, 0.25) is 0 Å². The van der Waals surface area contributed by atoms with Crippen LogP contribution in [0.15, 0.2) is 0 Å². The molecule has 1 N–H and O–H groups in total. The summed E-state index contributed by atoms with van der Waals surface area (Å²) in [5, 5.41) is 0. The van der Waals surface area contributed by atoms with Gasteiger partial charge in [0.15, 0.2) is 0 Å². The van der Waals surface area contributed by atoms with Gasteiger partial charge in [-0.3, -0.25) is 0 Å². The zero-order valence-corrected chi connectivity index (χ0v) is 10.6. The van der Waals surface area contributed by atoms with Crippen LogP contribution < -0.4 is 4.72 Å². The molecule has 0 aromatic rings. The summed E-state index contributed by atoms with van der Waals surface area (Å²) >= 11 is 3.47. The second kappa shape index (κ2) is 5.44. The van der Waals surface area contributed by atoms with Crippen LogP contribution >= 0.6 is 15.9 Å².